The van der Waals surface area contributed by atoms with E-state index in [2.05, 4.69) is 19.9 Å². The highest BCUT2D eigenvalue weighted by molar-refractivity contribution is 7.98. The maximum Gasteiger partial charge on any atom is 0.200 e. The largest absolute Gasteiger partial charge is 0.461 e. The molecule has 0 atom stereocenters. The molecule has 24 heavy (non-hydrogen) atoms. The third kappa shape index (κ3) is 3.13. The third-order valence-electron chi connectivity index (χ3n) is 4.37. The zero-order valence-electron chi connectivity index (χ0n) is 13.6. The molecule has 0 N–H and O–H groups in total. The summed E-state index contributed by atoms with van der Waals surface area (Å²) in [7, 11) is 0. The van der Waals surface area contributed by atoms with Gasteiger partial charge in [0, 0.05) is 17.9 Å². The fourth-order valence-electron chi connectivity index (χ4n) is 3.24. The highest BCUT2D eigenvalue weighted by atomic mass is 32.2. The molecule has 7 heteroatoms. The topological polar surface area (TPSA) is 69.9 Å². The summed E-state index contributed by atoms with van der Waals surface area (Å²) < 4.78 is 13.0. The first kappa shape index (κ1) is 15.5. The normalized spacial score (nSPS) is 15.9. The highest BCUT2D eigenvalue weighted by Gasteiger charge is 2.25. The Bertz CT molecular complexity index is 787. The lowest BCUT2D eigenvalue weighted by molar-refractivity contribution is 0.337. The van der Waals surface area contributed by atoms with Crippen LogP contribution in [0.25, 0.3) is 11.6 Å². The second kappa shape index (κ2) is 6.84. The van der Waals surface area contributed by atoms with E-state index in [0.717, 1.165) is 33.9 Å². The van der Waals surface area contributed by atoms with Crippen molar-refractivity contribution < 1.29 is 8.94 Å². The Morgan fingerprint density at radius 3 is 2.83 bits per heavy atom. The molecule has 1 saturated carbocycles. The Hall–Kier alpha value is -2.02. The average molecular weight is 344 g/mol. The van der Waals surface area contributed by atoms with Crippen LogP contribution in [0.3, 0.4) is 0 Å². The second-order valence-corrected chi connectivity index (χ2v) is 7.11. The van der Waals surface area contributed by atoms with Crippen LogP contribution in [-0.2, 0) is 5.75 Å². The first-order chi connectivity index (χ1) is 11.8. The van der Waals surface area contributed by atoms with Crippen LogP contribution in [-0.4, -0.2) is 19.9 Å². The minimum atomic E-state index is 0.440. The number of aryl methyl sites for hydroxylation is 1. The average Bonchev–Trinajstić information content (AvgIpc) is 3.34. The zero-order valence-corrected chi connectivity index (χ0v) is 14.5. The van der Waals surface area contributed by atoms with E-state index in [9.17, 15) is 0 Å². The summed E-state index contributed by atoms with van der Waals surface area (Å²) in [6.45, 7) is 1.90. The lowest BCUT2D eigenvalue weighted by atomic mass is 9.95. The quantitative estimate of drug-likeness (QED) is 0.628. The van der Waals surface area contributed by atoms with E-state index in [1.165, 1.54) is 32.1 Å². The van der Waals surface area contributed by atoms with Gasteiger partial charge in [-0.15, -0.1) is 10.2 Å². The monoisotopic (exact) mass is 344 g/mol. The fourth-order valence-corrected chi connectivity index (χ4v) is 4.13. The Kier molecular flexibility index (Phi) is 4.42. The first-order valence-corrected chi connectivity index (χ1v) is 9.33. The van der Waals surface area contributed by atoms with Crippen LogP contribution in [0, 0.1) is 6.92 Å². The molecule has 0 unspecified atom stereocenters. The van der Waals surface area contributed by atoms with Crippen molar-refractivity contribution in [3.8, 4) is 11.6 Å². The van der Waals surface area contributed by atoms with Crippen molar-refractivity contribution in [2.45, 2.75) is 56.0 Å². The van der Waals surface area contributed by atoms with Crippen molar-refractivity contribution in [3.05, 3.63) is 35.9 Å². The fraction of sp³-hybridized carbons (Fsp3) is 0.471. The SMILES string of the molecule is Cc1cc(CSc2nnc(-c3ccco3)n2C2CCCCC2)no1. The molecule has 126 valence electrons. The predicted molar refractivity (Wildman–Crippen MR) is 90.6 cm³/mol. The molecule has 0 bridgehead atoms. The molecule has 1 aliphatic carbocycles. The van der Waals surface area contributed by atoms with Gasteiger partial charge < -0.3 is 8.94 Å². The number of furan rings is 1. The van der Waals surface area contributed by atoms with Crippen LogP contribution in [0.4, 0.5) is 0 Å². The minimum absolute atomic E-state index is 0.440. The van der Waals surface area contributed by atoms with Crippen LogP contribution in [0.1, 0.15) is 49.6 Å². The van der Waals surface area contributed by atoms with Crippen molar-refractivity contribution in [3.63, 3.8) is 0 Å². The lowest BCUT2D eigenvalue weighted by Gasteiger charge is -2.25. The molecular formula is C17H20N4O2S. The van der Waals surface area contributed by atoms with Gasteiger partial charge >= 0.3 is 0 Å². The number of thioether (sulfide) groups is 1. The van der Waals surface area contributed by atoms with Gasteiger partial charge in [0.15, 0.2) is 10.9 Å². The second-order valence-electron chi connectivity index (χ2n) is 6.16. The molecule has 3 aromatic heterocycles. The van der Waals surface area contributed by atoms with Gasteiger partial charge in [0.25, 0.3) is 0 Å². The van der Waals surface area contributed by atoms with Crippen molar-refractivity contribution >= 4 is 11.8 Å². The van der Waals surface area contributed by atoms with Gasteiger partial charge in [-0.2, -0.15) is 0 Å². The van der Waals surface area contributed by atoms with Crippen molar-refractivity contribution in [2.24, 2.45) is 0 Å². The van der Waals surface area contributed by atoms with Crippen molar-refractivity contribution in [2.75, 3.05) is 0 Å². The Morgan fingerprint density at radius 1 is 1.25 bits per heavy atom. The smallest absolute Gasteiger partial charge is 0.200 e. The van der Waals surface area contributed by atoms with Crippen molar-refractivity contribution in [1.29, 1.82) is 0 Å². The number of rotatable bonds is 5. The van der Waals surface area contributed by atoms with E-state index < -0.39 is 0 Å². The maximum absolute atomic E-state index is 5.57. The summed E-state index contributed by atoms with van der Waals surface area (Å²) in [5, 5.41) is 13.8. The zero-order chi connectivity index (χ0) is 16.4. The molecule has 0 amide bonds. The highest BCUT2D eigenvalue weighted by Crippen LogP contribution is 2.36. The van der Waals surface area contributed by atoms with E-state index in [-0.39, 0.29) is 0 Å². The molecule has 1 aliphatic rings. The number of nitrogens with zero attached hydrogens (tertiary/aromatic N) is 4. The minimum Gasteiger partial charge on any atom is -0.461 e. The molecule has 4 rings (SSSR count). The Balaban J connectivity index is 1.62. The van der Waals surface area contributed by atoms with Gasteiger partial charge in [-0.05, 0) is 31.9 Å². The van der Waals surface area contributed by atoms with Gasteiger partial charge in [0.2, 0.25) is 5.82 Å². The summed E-state index contributed by atoms with van der Waals surface area (Å²) in [4.78, 5) is 0. The van der Waals surface area contributed by atoms with Crippen LogP contribution >= 0.6 is 11.8 Å². The molecule has 3 aromatic rings. The molecule has 0 spiro atoms. The molecule has 0 radical (unpaired) electrons. The molecule has 0 aromatic carbocycles. The maximum atomic E-state index is 5.57. The van der Waals surface area contributed by atoms with Gasteiger partial charge in [0.05, 0.1) is 12.0 Å². The molecule has 0 aliphatic heterocycles. The van der Waals surface area contributed by atoms with Gasteiger partial charge in [-0.1, -0.05) is 36.2 Å². The number of hydrogen-bond acceptors (Lipinski definition) is 6. The lowest BCUT2D eigenvalue weighted by Crippen LogP contribution is -2.15. The van der Waals surface area contributed by atoms with E-state index >= 15 is 0 Å². The van der Waals surface area contributed by atoms with Crippen LogP contribution < -0.4 is 0 Å². The van der Waals surface area contributed by atoms with Crippen LogP contribution in [0.2, 0.25) is 0 Å². The summed E-state index contributed by atoms with van der Waals surface area (Å²) in [5.41, 5.74) is 0.926. The van der Waals surface area contributed by atoms with E-state index in [1.807, 2.05) is 25.1 Å². The number of hydrogen-bond donors (Lipinski definition) is 0. The van der Waals surface area contributed by atoms with Gasteiger partial charge in [-0.3, -0.25) is 4.57 Å². The molecule has 6 nitrogen and oxygen atoms in total. The van der Waals surface area contributed by atoms with Crippen LogP contribution in [0.5, 0.6) is 0 Å². The molecule has 3 heterocycles. The molecule has 0 saturated heterocycles. The van der Waals surface area contributed by atoms with E-state index in [0.29, 0.717) is 6.04 Å². The first-order valence-electron chi connectivity index (χ1n) is 8.35. The number of aromatic nitrogens is 4. The van der Waals surface area contributed by atoms with E-state index in [1.54, 1.807) is 18.0 Å². The summed E-state index contributed by atoms with van der Waals surface area (Å²) in [6, 6.07) is 6.23. The van der Waals surface area contributed by atoms with Gasteiger partial charge in [0.1, 0.15) is 5.76 Å². The summed E-state index contributed by atoms with van der Waals surface area (Å²) in [6.07, 6.45) is 7.85. The van der Waals surface area contributed by atoms with E-state index in [4.69, 9.17) is 8.94 Å². The third-order valence-corrected chi connectivity index (χ3v) is 5.35. The predicted octanol–water partition coefficient (Wildman–Crippen LogP) is 4.63. The molecule has 1 fully saturated rings. The van der Waals surface area contributed by atoms with Gasteiger partial charge in [-0.25, -0.2) is 0 Å². The summed E-state index contributed by atoms with van der Waals surface area (Å²) >= 11 is 1.65. The molecular weight excluding hydrogens is 324 g/mol. The standard InChI is InChI=1S/C17H20N4O2S/c1-12-10-13(20-23-12)11-24-17-19-18-16(15-8-5-9-22-15)21(17)14-6-3-2-4-7-14/h5,8-10,14H,2-4,6-7,11H2,1H3. The van der Waals surface area contributed by atoms with Crippen molar-refractivity contribution in [1.82, 2.24) is 19.9 Å². The summed E-state index contributed by atoms with van der Waals surface area (Å²) in [5.74, 6) is 3.15. The van der Waals surface area contributed by atoms with Crippen LogP contribution in [0.15, 0.2) is 38.6 Å². The Morgan fingerprint density at radius 2 is 2.12 bits per heavy atom. The Labute approximate surface area is 144 Å².